The van der Waals surface area contributed by atoms with Gasteiger partial charge in [-0.1, -0.05) is 44.0 Å². The molecule has 1 spiro atoms. The highest BCUT2D eigenvalue weighted by Crippen LogP contribution is 2.49. The largest absolute Gasteiger partial charge is 0.385 e. The summed E-state index contributed by atoms with van der Waals surface area (Å²) in [6.45, 7) is 4.65. The van der Waals surface area contributed by atoms with Crippen molar-refractivity contribution in [3.05, 3.63) is 35.4 Å². The van der Waals surface area contributed by atoms with E-state index in [-0.39, 0.29) is 18.0 Å². The molecule has 0 saturated carbocycles. The molecular weight excluding hydrogens is 262 g/mol. The third-order valence-electron chi connectivity index (χ3n) is 4.79. The van der Waals surface area contributed by atoms with Gasteiger partial charge in [0.05, 0.1) is 6.54 Å². The molecule has 1 heterocycles. The molecule has 108 valence electrons. The van der Waals surface area contributed by atoms with E-state index in [1.165, 1.54) is 5.56 Å². The summed E-state index contributed by atoms with van der Waals surface area (Å²) in [6, 6.07) is 7.82. The monoisotopic (exact) mass is 281 g/mol. The molecule has 0 saturated heterocycles. The van der Waals surface area contributed by atoms with Crippen molar-refractivity contribution in [1.82, 2.24) is 4.90 Å². The van der Waals surface area contributed by atoms with Crippen molar-refractivity contribution in [2.75, 3.05) is 6.54 Å². The average Bonchev–Trinajstić information content (AvgIpc) is 2.68. The maximum Gasteiger partial charge on any atom is 0.347 e. The average molecular weight is 281 g/mol. The summed E-state index contributed by atoms with van der Waals surface area (Å²) in [5.74, 6) is 2.93. The second-order valence-corrected chi connectivity index (χ2v) is 6.36. The molecule has 1 aliphatic carbocycles. The molecule has 0 aromatic heterocycles. The molecule has 0 bridgehead atoms. The van der Waals surface area contributed by atoms with Crippen LogP contribution in [0.25, 0.3) is 0 Å². The maximum atomic E-state index is 12.2. The third kappa shape index (κ3) is 1.70. The number of terminal acetylenes is 1. The molecule has 2 amide bonds. The Hall–Kier alpha value is -2.28. The second-order valence-electron chi connectivity index (χ2n) is 6.36. The van der Waals surface area contributed by atoms with E-state index < -0.39 is 5.54 Å². The Morgan fingerprint density at radius 2 is 2.00 bits per heavy atom. The molecule has 0 fully saturated rings. The van der Waals surface area contributed by atoms with Crippen LogP contribution in [0.5, 0.6) is 0 Å². The van der Waals surface area contributed by atoms with Crippen LogP contribution < -0.4 is 5.73 Å². The van der Waals surface area contributed by atoms with Gasteiger partial charge in [-0.05, 0) is 29.4 Å². The summed E-state index contributed by atoms with van der Waals surface area (Å²) < 4.78 is 0. The van der Waals surface area contributed by atoms with Gasteiger partial charge in [-0.25, -0.2) is 4.79 Å². The zero-order chi connectivity index (χ0) is 15.3. The van der Waals surface area contributed by atoms with Crippen molar-refractivity contribution in [2.24, 2.45) is 10.7 Å². The number of hydrogen-bond acceptors (Lipinski definition) is 2. The quantitative estimate of drug-likeness (QED) is 0.803. The van der Waals surface area contributed by atoms with Gasteiger partial charge in [-0.2, -0.15) is 4.99 Å². The van der Waals surface area contributed by atoms with E-state index in [1.54, 1.807) is 4.90 Å². The summed E-state index contributed by atoms with van der Waals surface area (Å²) in [5, 5.41) is 0. The van der Waals surface area contributed by atoms with Gasteiger partial charge in [0.15, 0.2) is 0 Å². The Morgan fingerprint density at radius 1 is 1.33 bits per heavy atom. The number of urea groups is 1. The van der Waals surface area contributed by atoms with Gasteiger partial charge in [0.1, 0.15) is 11.4 Å². The first-order valence-electron chi connectivity index (χ1n) is 7.13. The lowest BCUT2D eigenvalue weighted by atomic mass is 9.64. The zero-order valence-electron chi connectivity index (χ0n) is 12.4. The van der Waals surface area contributed by atoms with Crippen LogP contribution in [0.15, 0.2) is 29.3 Å². The molecule has 2 N–H and O–H groups in total. The minimum absolute atomic E-state index is 0.0512. The first-order valence-corrected chi connectivity index (χ1v) is 7.13. The number of fused-ring (bicyclic) bond motifs is 2. The molecule has 1 aliphatic heterocycles. The first kappa shape index (κ1) is 13.7. The Kier molecular flexibility index (Phi) is 2.84. The van der Waals surface area contributed by atoms with Crippen LogP contribution in [0.4, 0.5) is 4.79 Å². The molecule has 1 unspecified atom stereocenters. The number of amidine groups is 1. The minimum atomic E-state index is -0.671. The predicted molar refractivity (Wildman–Crippen MR) is 82.9 cm³/mol. The standard InChI is InChI=1S/C17H19N3O/c1-4-11-20-15(21)19-14(18)17(20)10-9-16(2,3)12-7-5-6-8-13(12)17/h1,5-8H,9-11H2,2-3H3,(H2,18,19,21). The van der Waals surface area contributed by atoms with E-state index in [2.05, 4.69) is 30.8 Å². The van der Waals surface area contributed by atoms with Crippen molar-refractivity contribution in [2.45, 2.75) is 37.6 Å². The van der Waals surface area contributed by atoms with E-state index >= 15 is 0 Å². The second kappa shape index (κ2) is 4.36. The molecule has 3 rings (SSSR count). The fourth-order valence-electron chi connectivity index (χ4n) is 3.59. The van der Waals surface area contributed by atoms with Crippen molar-refractivity contribution in [3.63, 3.8) is 0 Å². The van der Waals surface area contributed by atoms with Crippen molar-refractivity contribution in [3.8, 4) is 12.3 Å². The van der Waals surface area contributed by atoms with Gasteiger partial charge in [0, 0.05) is 0 Å². The van der Waals surface area contributed by atoms with Gasteiger partial charge >= 0.3 is 6.03 Å². The number of nitrogens with zero attached hydrogens (tertiary/aromatic N) is 2. The van der Waals surface area contributed by atoms with Gasteiger partial charge in [0.25, 0.3) is 0 Å². The van der Waals surface area contributed by atoms with Gasteiger partial charge in [-0.15, -0.1) is 6.42 Å². The molecule has 2 aliphatic rings. The molecule has 1 aromatic carbocycles. The normalized spacial score (nSPS) is 26.4. The summed E-state index contributed by atoms with van der Waals surface area (Å²) in [7, 11) is 0. The summed E-state index contributed by atoms with van der Waals surface area (Å²) in [4.78, 5) is 17.8. The molecule has 21 heavy (non-hydrogen) atoms. The van der Waals surface area contributed by atoms with Gasteiger partial charge in [0.2, 0.25) is 0 Å². The first-order chi connectivity index (χ1) is 9.93. The molecule has 0 radical (unpaired) electrons. The van der Waals surface area contributed by atoms with Crippen LogP contribution in [-0.4, -0.2) is 23.3 Å². The number of amides is 2. The SMILES string of the molecule is C#CCN1C(=O)N=C(N)C12CCC(C)(C)c1ccccc12. The fourth-order valence-corrected chi connectivity index (χ4v) is 3.59. The number of hydrogen-bond donors (Lipinski definition) is 1. The van der Waals surface area contributed by atoms with E-state index in [1.807, 2.05) is 18.2 Å². The van der Waals surface area contributed by atoms with Crippen LogP contribution in [0.1, 0.15) is 37.8 Å². The third-order valence-corrected chi connectivity index (χ3v) is 4.79. The summed E-state index contributed by atoms with van der Waals surface area (Å²) in [5.41, 5.74) is 7.83. The Bertz CT molecular complexity index is 684. The van der Waals surface area contributed by atoms with Crippen LogP contribution in [-0.2, 0) is 11.0 Å². The van der Waals surface area contributed by atoms with Gasteiger partial charge in [-0.3, -0.25) is 4.90 Å². The number of nitrogens with two attached hydrogens (primary N) is 1. The molecule has 1 atom stereocenters. The zero-order valence-corrected chi connectivity index (χ0v) is 12.4. The van der Waals surface area contributed by atoms with Crippen molar-refractivity contribution in [1.29, 1.82) is 0 Å². The Balaban J connectivity index is 2.25. The Labute approximate surface area is 125 Å². The van der Waals surface area contributed by atoms with Crippen LogP contribution in [0.2, 0.25) is 0 Å². The van der Waals surface area contributed by atoms with Crippen LogP contribution in [0.3, 0.4) is 0 Å². The summed E-state index contributed by atoms with van der Waals surface area (Å²) >= 11 is 0. The lowest BCUT2D eigenvalue weighted by Crippen LogP contribution is -2.55. The highest BCUT2D eigenvalue weighted by Gasteiger charge is 2.54. The molecule has 4 nitrogen and oxygen atoms in total. The van der Waals surface area contributed by atoms with E-state index in [4.69, 9.17) is 12.2 Å². The maximum absolute atomic E-state index is 12.2. The number of aliphatic imine (C=N–C) groups is 1. The Morgan fingerprint density at radius 3 is 2.67 bits per heavy atom. The number of rotatable bonds is 1. The van der Waals surface area contributed by atoms with Gasteiger partial charge < -0.3 is 5.73 Å². The van der Waals surface area contributed by atoms with Crippen molar-refractivity contribution < 1.29 is 4.79 Å². The van der Waals surface area contributed by atoms with E-state index in [0.29, 0.717) is 5.84 Å². The van der Waals surface area contributed by atoms with E-state index in [0.717, 1.165) is 18.4 Å². The highest BCUT2D eigenvalue weighted by atomic mass is 16.2. The smallest absolute Gasteiger partial charge is 0.347 e. The fraction of sp³-hybridized carbons (Fsp3) is 0.412. The number of carbonyl (C=O) groups is 1. The van der Waals surface area contributed by atoms with Crippen LogP contribution >= 0.6 is 0 Å². The predicted octanol–water partition coefficient (Wildman–Crippen LogP) is 2.38. The minimum Gasteiger partial charge on any atom is -0.385 e. The molecule has 1 aromatic rings. The lowest BCUT2D eigenvalue weighted by molar-refractivity contribution is 0.159. The lowest BCUT2D eigenvalue weighted by Gasteiger charge is -2.46. The van der Waals surface area contributed by atoms with Crippen molar-refractivity contribution >= 4 is 11.9 Å². The topological polar surface area (TPSA) is 58.7 Å². The van der Waals surface area contributed by atoms with E-state index in [9.17, 15) is 4.79 Å². The van der Waals surface area contributed by atoms with Crippen LogP contribution in [0, 0.1) is 12.3 Å². The summed E-state index contributed by atoms with van der Waals surface area (Å²) in [6.07, 6.45) is 7.12. The number of benzene rings is 1. The number of carbonyl (C=O) groups excluding carboxylic acids is 1. The molecular formula is C17H19N3O. The molecule has 4 heteroatoms. The highest BCUT2D eigenvalue weighted by molar-refractivity contribution is 6.06.